The first kappa shape index (κ1) is 21.0. The smallest absolute Gasteiger partial charge is 0.272 e. The first-order chi connectivity index (χ1) is 13.2. The van der Waals surface area contributed by atoms with Crippen molar-refractivity contribution in [1.29, 1.82) is 0 Å². The molecule has 0 amide bonds. The molecule has 1 aromatic rings. The fraction of sp³-hybridized carbons (Fsp3) is 0.350. The monoisotopic (exact) mass is 384 g/mol. The van der Waals surface area contributed by atoms with Crippen LogP contribution in [0.1, 0.15) is 40.0 Å². The topological polar surface area (TPSA) is 111 Å². The van der Waals surface area contributed by atoms with Crippen LogP contribution in [0.5, 0.6) is 0 Å². The van der Waals surface area contributed by atoms with Crippen molar-refractivity contribution in [2.75, 3.05) is 5.43 Å². The van der Waals surface area contributed by atoms with Crippen molar-refractivity contribution in [2.24, 2.45) is 10.5 Å². The van der Waals surface area contributed by atoms with E-state index in [2.05, 4.69) is 37.4 Å². The molecular formula is C20H24N4O4. The van der Waals surface area contributed by atoms with E-state index in [0.29, 0.717) is 0 Å². The Labute approximate surface area is 163 Å². The molecule has 0 radical (unpaired) electrons. The van der Waals surface area contributed by atoms with Crippen LogP contribution in [0.4, 0.5) is 17.1 Å². The molecule has 1 aliphatic carbocycles. The lowest BCUT2D eigenvalue weighted by Crippen LogP contribution is -2.18. The molecule has 0 atom stereocenters. The first-order valence-corrected chi connectivity index (χ1v) is 8.98. The van der Waals surface area contributed by atoms with E-state index < -0.39 is 15.5 Å². The molecule has 1 aliphatic rings. The number of nitro groups is 2. The highest BCUT2D eigenvalue weighted by Gasteiger charge is 2.26. The summed E-state index contributed by atoms with van der Waals surface area (Å²) in [5.41, 5.74) is 4.83. The Hall–Kier alpha value is -3.29. The molecule has 28 heavy (non-hydrogen) atoms. The van der Waals surface area contributed by atoms with Crippen molar-refractivity contribution in [1.82, 2.24) is 0 Å². The summed E-state index contributed by atoms with van der Waals surface area (Å²) in [5.74, 6) is 0. The summed E-state index contributed by atoms with van der Waals surface area (Å²) in [4.78, 5) is 20.4. The number of rotatable bonds is 7. The lowest BCUT2D eigenvalue weighted by Gasteiger charge is -2.32. The maximum atomic E-state index is 11.1. The average Bonchev–Trinajstić information content (AvgIpc) is 2.62. The van der Waals surface area contributed by atoms with E-state index in [1.54, 1.807) is 6.08 Å². The van der Waals surface area contributed by atoms with Crippen LogP contribution in [0.25, 0.3) is 0 Å². The van der Waals surface area contributed by atoms with Gasteiger partial charge in [0.25, 0.3) is 5.69 Å². The first-order valence-electron chi connectivity index (χ1n) is 8.98. The Morgan fingerprint density at radius 2 is 1.89 bits per heavy atom. The number of hydrogen-bond acceptors (Lipinski definition) is 6. The second-order valence-electron chi connectivity index (χ2n) is 7.28. The van der Waals surface area contributed by atoms with Crippen molar-refractivity contribution in [3.8, 4) is 0 Å². The highest BCUT2D eigenvalue weighted by molar-refractivity contribution is 5.74. The normalized spacial score (nSPS) is 17.0. The molecule has 0 unspecified atom stereocenters. The standard InChI is InChI=1S/C20H24N4O4/c1-15-8-7-12-20(2,3)17(15)9-5-4-6-13-21-22-18-11-10-16(23(25)26)14-19(18)24(27)28/h4-6,9-11,13-14,22H,7-8,12H2,1-3H3/b6-4+,9-5+,21-13?. The van der Waals surface area contributed by atoms with Gasteiger partial charge in [-0.1, -0.05) is 37.6 Å². The number of benzene rings is 1. The fourth-order valence-corrected chi connectivity index (χ4v) is 3.31. The number of allylic oxidation sites excluding steroid dienone is 6. The third kappa shape index (κ3) is 5.35. The fourth-order valence-electron chi connectivity index (χ4n) is 3.31. The minimum Gasteiger partial charge on any atom is -0.272 e. The van der Waals surface area contributed by atoms with Gasteiger partial charge >= 0.3 is 5.69 Å². The highest BCUT2D eigenvalue weighted by Crippen LogP contribution is 2.40. The van der Waals surface area contributed by atoms with Crippen LogP contribution in [-0.4, -0.2) is 16.1 Å². The maximum Gasteiger partial charge on any atom is 0.301 e. The van der Waals surface area contributed by atoms with Gasteiger partial charge in [-0.05, 0) is 49.3 Å². The van der Waals surface area contributed by atoms with Crippen molar-refractivity contribution in [2.45, 2.75) is 40.0 Å². The van der Waals surface area contributed by atoms with E-state index in [1.807, 2.05) is 12.2 Å². The molecule has 0 heterocycles. The molecule has 0 bridgehead atoms. The molecule has 2 rings (SSSR count). The predicted octanol–water partition coefficient (Wildman–Crippen LogP) is 5.54. The molecule has 1 aromatic carbocycles. The van der Waals surface area contributed by atoms with Gasteiger partial charge in [0, 0.05) is 12.3 Å². The Bertz CT molecular complexity index is 882. The van der Waals surface area contributed by atoms with Gasteiger partial charge in [0.05, 0.1) is 15.9 Å². The van der Waals surface area contributed by atoms with Gasteiger partial charge in [-0.3, -0.25) is 25.7 Å². The molecule has 0 aliphatic heterocycles. The molecule has 148 valence electrons. The minimum absolute atomic E-state index is 0.0838. The summed E-state index contributed by atoms with van der Waals surface area (Å²) in [7, 11) is 0. The lowest BCUT2D eigenvalue weighted by molar-refractivity contribution is -0.393. The SMILES string of the molecule is CC1=C(/C=C/C=C/C=NNc2ccc([N+](=O)[O-])cc2[N+](=O)[O-])C(C)(C)CCC1. The molecule has 8 nitrogen and oxygen atoms in total. The minimum atomic E-state index is -0.689. The van der Waals surface area contributed by atoms with Crippen LogP contribution in [0.2, 0.25) is 0 Å². The summed E-state index contributed by atoms with van der Waals surface area (Å²) in [6, 6.07) is 3.35. The van der Waals surface area contributed by atoms with Crippen LogP contribution >= 0.6 is 0 Å². The Balaban J connectivity index is 2.00. The van der Waals surface area contributed by atoms with Gasteiger partial charge in [-0.15, -0.1) is 0 Å². The molecule has 0 fully saturated rings. The third-order valence-corrected chi connectivity index (χ3v) is 4.76. The summed E-state index contributed by atoms with van der Waals surface area (Å²) < 4.78 is 0. The van der Waals surface area contributed by atoms with Crippen molar-refractivity contribution in [3.63, 3.8) is 0 Å². The van der Waals surface area contributed by atoms with Crippen molar-refractivity contribution < 1.29 is 9.85 Å². The molecular weight excluding hydrogens is 360 g/mol. The van der Waals surface area contributed by atoms with Crippen LogP contribution in [0.3, 0.4) is 0 Å². The maximum absolute atomic E-state index is 11.1. The molecule has 0 saturated carbocycles. The number of non-ortho nitro benzene ring substituents is 1. The second kappa shape index (κ2) is 9.07. The number of nitro benzene ring substituents is 2. The van der Waals surface area contributed by atoms with Gasteiger partial charge in [-0.2, -0.15) is 5.10 Å². The van der Waals surface area contributed by atoms with E-state index in [1.165, 1.54) is 42.3 Å². The van der Waals surface area contributed by atoms with E-state index in [4.69, 9.17) is 0 Å². The number of hydrazone groups is 1. The lowest BCUT2D eigenvalue weighted by atomic mass is 9.73. The highest BCUT2D eigenvalue weighted by atomic mass is 16.6. The van der Waals surface area contributed by atoms with Crippen LogP contribution < -0.4 is 5.43 Å². The molecule has 8 heteroatoms. The quantitative estimate of drug-likeness (QED) is 0.287. The zero-order valence-corrected chi connectivity index (χ0v) is 16.2. The van der Waals surface area contributed by atoms with E-state index >= 15 is 0 Å². The summed E-state index contributed by atoms with van der Waals surface area (Å²) in [6.07, 6.45) is 12.6. The average molecular weight is 384 g/mol. The Morgan fingerprint density at radius 1 is 1.14 bits per heavy atom. The Kier molecular flexibility index (Phi) is 6.81. The summed E-state index contributed by atoms with van der Waals surface area (Å²) >= 11 is 0. The second-order valence-corrected chi connectivity index (χ2v) is 7.28. The number of hydrogen-bond donors (Lipinski definition) is 1. The molecule has 0 spiro atoms. The van der Waals surface area contributed by atoms with E-state index in [0.717, 1.165) is 12.5 Å². The van der Waals surface area contributed by atoms with Crippen LogP contribution in [-0.2, 0) is 0 Å². The number of nitrogens with zero attached hydrogens (tertiary/aromatic N) is 3. The van der Waals surface area contributed by atoms with E-state index in [9.17, 15) is 20.2 Å². The van der Waals surface area contributed by atoms with E-state index in [-0.39, 0.29) is 16.8 Å². The number of nitrogens with one attached hydrogen (secondary N) is 1. The molecule has 0 saturated heterocycles. The van der Waals surface area contributed by atoms with Gasteiger partial charge in [0.2, 0.25) is 0 Å². The van der Waals surface area contributed by atoms with Gasteiger partial charge in [0.1, 0.15) is 5.69 Å². The largest absolute Gasteiger partial charge is 0.301 e. The summed E-state index contributed by atoms with van der Waals surface area (Å²) in [6.45, 7) is 6.68. The zero-order valence-electron chi connectivity index (χ0n) is 16.2. The van der Waals surface area contributed by atoms with Gasteiger partial charge < -0.3 is 0 Å². The third-order valence-electron chi connectivity index (χ3n) is 4.76. The van der Waals surface area contributed by atoms with Crippen molar-refractivity contribution >= 4 is 23.3 Å². The van der Waals surface area contributed by atoms with Gasteiger partial charge in [0.15, 0.2) is 0 Å². The van der Waals surface area contributed by atoms with Gasteiger partial charge in [-0.25, -0.2) is 0 Å². The van der Waals surface area contributed by atoms with Crippen LogP contribution in [0, 0.1) is 25.6 Å². The summed E-state index contributed by atoms with van der Waals surface area (Å²) in [5, 5.41) is 25.7. The van der Waals surface area contributed by atoms with Crippen LogP contribution in [0.15, 0.2) is 58.8 Å². The molecule has 1 N–H and O–H groups in total. The predicted molar refractivity (Wildman–Crippen MR) is 110 cm³/mol. The number of anilines is 1. The zero-order chi connectivity index (χ0) is 20.7. The Morgan fingerprint density at radius 3 is 2.54 bits per heavy atom. The molecule has 0 aromatic heterocycles. The van der Waals surface area contributed by atoms with Crippen molar-refractivity contribution in [3.05, 3.63) is 73.9 Å².